The number of nitrogens with one attached hydrogen (secondary N) is 1. The first-order chi connectivity index (χ1) is 6.47. The highest BCUT2D eigenvalue weighted by molar-refractivity contribution is 7.88. The minimum absolute atomic E-state index is 0.207. The molecule has 2 aliphatic rings. The zero-order chi connectivity index (χ0) is 10.3. The summed E-state index contributed by atoms with van der Waals surface area (Å²) in [5.74, 6) is 1.10. The fourth-order valence-corrected chi connectivity index (χ4v) is 3.27. The van der Waals surface area contributed by atoms with Gasteiger partial charge in [0.1, 0.15) is 0 Å². The van der Waals surface area contributed by atoms with Gasteiger partial charge in [0.15, 0.2) is 0 Å². The van der Waals surface area contributed by atoms with Crippen molar-refractivity contribution in [3.8, 4) is 0 Å². The number of rotatable bonds is 2. The molecule has 0 aromatic rings. The van der Waals surface area contributed by atoms with Crippen LogP contribution in [0.1, 0.15) is 12.8 Å². The van der Waals surface area contributed by atoms with Crippen molar-refractivity contribution in [1.29, 1.82) is 0 Å². The second kappa shape index (κ2) is 3.47. The topological polar surface area (TPSA) is 49.4 Å². The molecule has 4 nitrogen and oxygen atoms in total. The van der Waals surface area contributed by atoms with E-state index in [1.54, 1.807) is 0 Å². The van der Waals surface area contributed by atoms with E-state index in [0.29, 0.717) is 11.8 Å². The Labute approximate surface area is 85.7 Å². The number of hydrogen-bond acceptors (Lipinski definition) is 3. The fraction of sp³-hybridized carbons (Fsp3) is 0.889. The summed E-state index contributed by atoms with van der Waals surface area (Å²) in [7, 11) is 0.883. The third-order valence-corrected chi connectivity index (χ3v) is 3.94. The van der Waals surface area contributed by atoms with Gasteiger partial charge in [-0.15, -0.1) is 0 Å². The van der Waals surface area contributed by atoms with Gasteiger partial charge in [-0.05, 0) is 37.8 Å². The number of nitrogens with zero attached hydrogens (tertiary/aromatic N) is 1. The lowest BCUT2D eigenvalue weighted by Crippen LogP contribution is -2.28. The van der Waals surface area contributed by atoms with Crippen LogP contribution in [0.5, 0.6) is 0 Å². The van der Waals surface area contributed by atoms with Gasteiger partial charge in [-0.1, -0.05) is 0 Å². The highest BCUT2D eigenvalue weighted by Crippen LogP contribution is 2.46. The monoisotopic (exact) mass is 217 g/mol. The molecule has 1 saturated heterocycles. The molecule has 81 valence electrons. The molecule has 1 saturated carbocycles. The summed E-state index contributed by atoms with van der Waals surface area (Å²) in [4.78, 5) is 2.07. The lowest BCUT2D eigenvalue weighted by Gasteiger charge is -2.14. The SMILES string of the molecule is [CH2]N1CC[C@@H]2[C@H](CC1)[C@@H]2NS(C)(=O)=O. The fourth-order valence-electron chi connectivity index (χ4n) is 2.43. The van der Waals surface area contributed by atoms with Gasteiger partial charge in [0, 0.05) is 13.1 Å². The van der Waals surface area contributed by atoms with Crippen LogP contribution < -0.4 is 4.72 Å². The predicted molar refractivity (Wildman–Crippen MR) is 54.9 cm³/mol. The minimum Gasteiger partial charge on any atom is -0.302 e. The molecule has 1 aliphatic carbocycles. The maximum Gasteiger partial charge on any atom is 0.208 e. The molecule has 1 radical (unpaired) electrons. The van der Waals surface area contributed by atoms with E-state index in [1.165, 1.54) is 6.26 Å². The van der Waals surface area contributed by atoms with Gasteiger partial charge in [0.2, 0.25) is 10.0 Å². The molecule has 2 fully saturated rings. The van der Waals surface area contributed by atoms with Crippen LogP contribution in [0.25, 0.3) is 0 Å². The molecule has 5 heteroatoms. The molecule has 14 heavy (non-hydrogen) atoms. The Hall–Kier alpha value is -0.130. The lowest BCUT2D eigenvalue weighted by atomic mass is 10.2. The van der Waals surface area contributed by atoms with Crippen molar-refractivity contribution in [2.45, 2.75) is 18.9 Å². The van der Waals surface area contributed by atoms with Crippen molar-refractivity contribution in [1.82, 2.24) is 9.62 Å². The molecular weight excluding hydrogens is 200 g/mol. The highest BCUT2D eigenvalue weighted by Gasteiger charge is 2.51. The molecule has 1 heterocycles. The third kappa shape index (κ3) is 2.27. The van der Waals surface area contributed by atoms with E-state index in [1.807, 2.05) is 0 Å². The molecule has 1 aliphatic heterocycles. The van der Waals surface area contributed by atoms with Crippen molar-refractivity contribution in [2.24, 2.45) is 11.8 Å². The maximum absolute atomic E-state index is 11.0. The maximum atomic E-state index is 11.0. The van der Waals surface area contributed by atoms with Gasteiger partial charge in [-0.25, -0.2) is 13.1 Å². The zero-order valence-electron chi connectivity index (χ0n) is 8.44. The van der Waals surface area contributed by atoms with Crippen molar-refractivity contribution in [2.75, 3.05) is 19.3 Å². The van der Waals surface area contributed by atoms with Crippen molar-refractivity contribution in [3.63, 3.8) is 0 Å². The summed E-state index contributed by atoms with van der Waals surface area (Å²) in [5.41, 5.74) is 0. The largest absolute Gasteiger partial charge is 0.302 e. The average molecular weight is 217 g/mol. The molecule has 0 spiro atoms. The smallest absolute Gasteiger partial charge is 0.208 e. The van der Waals surface area contributed by atoms with E-state index in [2.05, 4.69) is 16.7 Å². The van der Waals surface area contributed by atoms with Crippen LogP contribution in [0.4, 0.5) is 0 Å². The number of fused-ring (bicyclic) bond motifs is 1. The second-order valence-electron chi connectivity index (χ2n) is 4.44. The van der Waals surface area contributed by atoms with Crippen molar-refractivity contribution >= 4 is 10.0 Å². The van der Waals surface area contributed by atoms with Crippen LogP contribution in [0.3, 0.4) is 0 Å². The Morgan fingerprint density at radius 2 is 1.79 bits per heavy atom. The Morgan fingerprint density at radius 3 is 2.21 bits per heavy atom. The van der Waals surface area contributed by atoms with Crippen LogP contribution in [-0.2, 0) is 10.0 Å². The lowest BCUT2D eigenvalue weighted by molar-refractivity contribution is 0.364. The Bertz CT molecular complexity index is 301. The summed E-state index contributed by atoms with van der Waals surface area (Å²) in [5, 5.41) is 0. The standard InChI is InChI=1S/C9H17N2O2S/c1-11-5-3-7-8(4-6-11)9(7)10-14(2,12)13/h7-10H,1,3-6H2,2H3/t7-,8+,9-. The van der Waals surface area contributed by atoms with Gasteiger partial charge >= 0.3 is 0 Å². The first-order valence-corrected chi connectivity index (χ1v) is 6.89. The first kappa shape index (κ1) is 10.4. The van der Waals surface area contributed by atoms with Gasteiger partial charge in [-0.3, -0.25) is 0 Å². The van der Waals surface area contributed by atoms with E-state index >= 15 is 0 Å². The summed E-state index contributed by atoms with van der Waals surface area (Å²) in [6.07, 6.45) is 3.38. The molecule has 1 N–H and O–H groups in total. The highest BCUT2D eigenvalue weighted by atomic mass is 32.2. The van der Waals surface area contributed by atoms with Crippen LogP contribution in [0, 0.1) is 18.9 Å². The zero-order valence-corrected chi connectivity index (χ0v) is 9.26. The molecule has 2 rings (SSSR count). The molecule has 0 aromatic carbocycles. The van der Waals surface area contributed by atoms with Crippen LogP contribution in [0.2, 0.25) is 0 Å². The predicted octanol–water partition coefficient (Wildman–Crippen LogP) is 0.0376. The Morgan fingerprint density at radius 1 is 1.29 bits per heavy atom. The van der Waals surface area contributed by atoms with Gasteiger partial charge in [0.05, 0.1) is 6.26 Å². The molecule has 0 amide bonds. The summed E-state index contributed by atoms with van der Waals surface area (Å²) < 4.78 is 24.8. The van der Waals surface area contributed by atoms with E-state index in [9.17, 15) is 8.42 Å². The minimum atomic E-state index is -3.02. The van der Waals surface area contributed by atoms with Gasteiger partial charge < -0.3 is 4.90 Å². The molecule has 3 atom stereocenters. The normalized spacial score (nSPS) is 38.9. The number of sulfonamides is 1. The van der Waals surface area contributed by atoms with Gasteiger partial charge in [0.25, 0.3) is 0 Å². The van der Waals surface area contributed by atoms with Crippen LogP contribution in [0.15, 0.2) is 0 Å². The summed E-state index contributed by atoms with van der Waals surface area (Å²) in [6, 6.07) is 0.207. The van der Waals surface area contributed by atoms with Crippen LogP contribution in [-0.4, -0.2) is 38.7 Å². The Kier molecular flexibility index (Phi) is 2.57. The molecule has 0 bridgehead atoms. The number of hydrogen-bond donors (Lipinski definition) is 1. The van der Waals surface area contributed by atoms with Gasteiger partial charge in [-0.2, -0.15) is 0 Å². The second-order valence-corrected chi connectivity index (χ2v) is 6.22. The molecular formula is C9H17N2O2S. The quantitative estimate of drug-likeness (QED) is 0.710. The van der Waals surface area contributed by atoms with Crippen molar-refractivity contribution < 1.29 is 8.42 Å². The first-order valence-electron chi connectivity index (χ1n) is 5.00. The van der Waals surface area contributed by atoms with E-state index in [4.69, 9.17) is 0 Å². The molecule has 0 unspecified atom stereocenters. The van der Waals surface area contributed by atoms with Crippen LogP contribution >= 0.6 is 0 Å². The van der Waals surface area contributed by atoms with E-state index < -0.39 is 10.0 Å². The van der Waals surface area contributed by atoms with E-state index in [0.717, 1.165) is 25.9 Å². The summed E-state index contributed by atoms with van der Waals surface area (Å²) >= 11 is 0. The molecule has 0 aromatic heterocycles. The van der Waals surface area contributed by atoms with E-state index in [-0.39, 0.29) is 6.04 Å². The average Bonchev–Trinajstić information content (AvgIpc) is 2.70. The van der Waals surface area contributed by atoms with Crippen molar-refractivity contribution in [3.05, 3.63) is 7.05 Å². The Balaban J connectivity index is 1.91. The summed E-state index contributed by atoms with van der Waals surface area (Å²) in [6.45, 7) is 1.98. The number of likely N-dealkylation sites (tertiary alicyclic amines) is 1. The third-order valence-electron chi connectivity index (χ3n) is 3.24.